The van der Waals surface area contributed by atoms with Crippen LogP contribution in [-0.4, -0.2) is 36.4 Å². The number of ether oxygens (including phenoxy) is 2. The monoisotopic (exact) mass is 917 g/mol. The first-order valence-electron chi connectivity index (χ1n) is 27.8. The second-order valence-electron chi connectivity index (χ2n) is 18.3. The molecule has 1 atom stereocenters. The van der Waals surface area contributed by atoms with E-state index in [1.54, 1.807) is 0 Å². The van der Waals surface area contributed by atoms with Crippen LogP contribution in [0.3, 0.4) is 0 Å². The van der Waals surface area contributed by atoms with Crippen LogP contribution in [-0.2, 0) is 19.1 Å². The third kappa shape index (κ3) is 53.4. The van der Waals surface area contributed by atoms with Crippen LogP contribution in [0.1, 0.15) is 258 Å². The van der Waals surface area contributed by atoms with Gasteiger partial charge in [0.15, 0.2) is 6.10 Å². The topological polar surface area (TPSA) is 72.8 Å². The first kappa shape index (κ1) is 62.8. The van der Waals surface area contributed by atoms with Crippen LogP contribution in [0, 0.1) is 0 Å². The predicted molar refractivity (Wildman–Crippen MR) is 288 cm³/mol. The molecule has 1 N–H and O–H groups in total. The predicted octanol–water partition coefficient (Wildman–Crippen LogP) is 18.7. The molecule has 5 nitrogen and oxygen atoms in total. The Morgan fingerprint density at radius 2 is 0.652 bits per heavy atom. The summed E-state index contributed by atoms with van der Waals surface area (Å²) in [6.07, 6.45) is 79.5. The second-order valence-corrected chi connectivity index (χ2v) is 18.3. The van der Waals surface area contributed by atoms with Crippen LogP contribution in [0.25, 0.3) is 0 Å². The van der Waals surface area contributed by atoms with Gasteiger partial charge >= 0.3 is 11.9 Å². The SMILES string of the molecule is CC/C=C\C/C=C\C/C=C\C/C=C\C/C=C\C/C=C\CCCCCCCCCCCCCCCCCCC(=O)OC(CO)COC(=O)CCCCCCCCC/C=C\C/C=C\CCCCC. The molecule has 0 aliphatic rings. The Balaban J connectivity index is 3.49. The van der Waals surface area contributed by atoms with Crippen molar-refractivity contribution in [3.8, 4) is 0 Å². The first-order valence-corrected chi connectivity index (χ1v) is 27.8. The number of allylic oxidation sites excluding steroid dienone is 16. The summed E-state index contributed by atoms with van der Waals surface area (Å²) in [6.45, 7) is 4.00. The molecule has 378 valence electrons. The van der Waals surface area contributed by atoms with Crippen molar-refractivity contribution in [2.45, 2.75) is 264 Å². The van der Waals surface area contributed by atoms with E-state index in [4.69, 9.17) is 9.47 Å². The van der Waals surface area contributed by atoms with Gasteiger partial charge in [0.1, 0.15) is 6.61 Å². The fraction of sp³-hybridized carbons (Fsp3) is 0.705. The quantitative estimate of drug-likeness (QED) is 0.0374. The summed E-state index contributed by atoms with van der Waals surface area (Å²) >= 11 is 0. The molecular weight excluding hydrogens is 813 g/mol. The summed E-state index contributed by atoms with van der Waals surface area (Å²) in [5.74, 6) is -0.597. The standard InChI is InChI=1S/C61H104O5/c1-3-5-7-9-11-13-15-17-19-21-22-23-24-25-26-27-28-29-30-31-32-33-34-35-36-37-38-40-42-44-46-48-50-52-54-56-61(64)66-59(57-62)58-65-60(63)55-53-51-49-47-45-43-41-39-20-18-16-14-12-10-8-6-4-2/h5,7,11-14,17-20,22-23,25-26,28-29,59,62H,3-4,6,8-10,15-16,21,24,27,30-58H2,1-2H3/b7-5-,13-11-,14-12-,19-17-,20-18-,23-22-,26-25-,29-28-. The molecule has 0 spiro atoms. The maximum Gasteiger partial charge on any atom is 0.306 e. The summed E-state index contributed by atoms with van der Waals surface area (Å²) in [5, 5.41) is 9.64. The lowest BCUT2D eigenvalue weighted by molar-refractivity contribution is -0.161. The van der Waals surface area contributed by atoms with Crippen molar-refractivity contribution in [1.82, 2.24) is 0 Å². The minimum atomic E-state index is -0.779. The molecule has 0 fully saturated rings. The number of aliphatic hydroxyl groups excluding tert-OH is 1. The Labute approximate surface area is 408 Å². The van der Waals surface area contributed by atoms with Gasteiger partial charge in [0.2, 0.25) is 0 Å². The highest BCUT2D eigenvalue weighted by Crippen LogP contribution is 2.16. The summed E-state index contributed by atoms with van der Waals surface area (Å²) in [4.78, 5) is 24.5. The Morgan fingerprint density at radius 3 is 0.985 bits per heavy atom. The van der Waals surface area contributed by atoms with Crippen molar-refractivity contribution in [2.75, 3.05) is 13.2 Å². The van der Waals surface area contributed by atoms with Crippen molar-refractivity contribution in [3.63, 3.8) is 0 Å². The van der Waals surface area contributed by atoms with Crippen molar-refractivity contribution < 1.29 is 24.2 Å². The molecule has 0 saturated carbocycles. The molecule has 0 aliphatic carbocycles. The third-order valence-corrected chi connectivity index (χ3v) is 11.9. The molecule has 0 aromatic heterocycles. The van der Waals surface area contributed by atoms with Gasteiger partial charge in [-0.25, -0.2) is 0 Å². The molecule has 0 amide bonds. The lowest BCUT2D eigenvalue weighted by Gasteiger charge is -2.15. The fourth-order valence-electron chi connectivity index (χ4n) is 7.71. The molecule has 0 bridgehead atoms. The van der Waals surface area contributed by atoms with E-state index in [9.17, 15) is 14.7 Å². The maximum atomic E-state index is 12.3. The number of carbonyl (C=O) groups is 2. The number of unbranched alkanes of at least 4 members (excludes halogenated alkanes) is 26. The number of carbonyl (C=O) groups excluding carboxylic acids is 2. The highest BCUT2D eigenvalue weighted by atomic mass is 16.6. The van der Waals surface area contributed by atoms with Gasteiger partial charge < -0.3 is 14.6 Å². The van der Waals surface area contributed by atoms with Gasteiger partial charge in [-0.15, -0.1) is 0 Å². The van der Waals surface area contributed by atoms with Gasteiger partial charge in [0.05, 0.1) is 6.61 Å². The van der Waals surface area contributed by atoms with Gasteiger partial charge in [-0.1, -0.05) is 246 Å². The second kappa shape index (κ2) is 56.1. The highest BCUT2D eigenvalue weighted by molar-refractivity contribution is 5.70. The third-order valence-electron chi connectivity index (χ3n) is 11.9. The lowest BCUT2D eigenvalue weighted by atomic mass is 10.0. The Hall–Kier alpha value is -3.18. The van der Waals surface area contributed by atoms with Gasteiger partial charge in [-0.05, 0) is 96.3 Å². The van der Waals surface area contributed by atoms with Crippen molar-refractivity contribution in [3.05, 3.63) is 97.2 Å². The molecule has 0 saturated heterocycles. The summed E-state index contributed by atoms with van der Waals surface area (Å²) in [7, 11) is 0. The summed E-state index contributed by atoms with van der Waals surface area (Å²) < 4.78 is 10.7. The molecule has 0 aromatic rings. The molecule has 0 aromatic carbocycles. The number of esters is 2. The fourth-order valence-corrected chi connectivity index (χ4v) is 7.71. The number of rotatable bonds is 50. The molecule has 0 radical (unpaired) electrons. The van der Waals surface area contributed by atoms with E-state index in [1.165, 1.54) is 141 Å². The zero-order valence-electron chi connectivity index (χ0n) is 43.2. The molecule has 66 heavy (non-hydrogen) atoms. The summed E-state index contributed by atoms with van der Waals surface area (Å²) in [5.41, 5.74) is 0. The molecule has 1 unspecified atom stereocenters. The van der Waals surface area contributed by atoms with Crippen LogP contribution in [0.2, 0.25) is 0 Å². The highest BCUT2D eigenvalue weighted by Gasteiger charge is 2.16. The van der Waals surface area contributed by atoms with Gasteiger partial charge in [-0.2, -0.15) is 0 Å². The van der Waals surface area contributed by atoms with Gasteiger partial charge in [0.25, 0.3) is 0 Å². The summed E-state index contributed by atoms with van der Waals surface area (Å²) in [6, 6.07) is 0. The van der Waals surface area contributed by atoms with Crippen LogP contribution in [0.4, 0.5) is 0 Å². The number of hydrogen-bond acceptors (Lipinski definition) is 5. The Bertz CT molecular complexity index is 1270. The van der Waals surface area contributed by atoms with Crippen LogP contribution in [0.5, 0.6) is 0 Å². The van der Waals surface area contributed by atoms with Crippen molar-refractivity contribution >= 4 is 11.9 Å². The van der Waals surface area contributed by atoms with Crippen molar-refractivity contribution in [2.24, 2.45) is 0 Å². The Morgan fingerprint density at radius 1 is 0.364 bits per heavy atom. The smallest absolute Gasteiger partial charge is 0.306 e. The van der Waals surface area contributed by atoms with E-state index in [0.29, 0.717) is 12.8 Å². The van der Waals surface area contributed by atoms with Crippen molar-refractivity contribution in [1.29, 1.82) is 0 Å². The van der Waals surface area contributed by atoms with E-state index in [1.807, 2.05) is 0 Å². The molecular formula is C61H104O5. The molecule has 0 aliphatic heterocycles. The van der Waals surface area contributed by atoms with E-state index in [2.05, 4.69) is 111 Å². The van der Waals surface area contributed by atoms with E-state index >= 15 is 0 Å². The average Bonchev–Trinajstić information content (AvgIpc) is 3.32. The molecule has 5 heteroatoms. The van der Waals surface area contributed by atoms with Crippen LogP contribution < -0.4 is 0 Å². The Kier molecular flexibility index (Phi) is 53.4. The minimum Gasteiger partial charge on any atom is -0.462 e. The maximum absolute atomic E-state index is 12.3. The van der Waals surface area contributed by atoms with E-state index in [0.717, 1.165) is 89.9 Å². The molecule has 0 heterocycles. The van der Waals surface area contributed by atoms with Crippen LogP contribution >= 0.6 is 0 Å². The first-order chi connectivity index (χ1) is 32.6. The zero-order chi connectivity index (χ0) is 47.7. The van der Waals surface area contributed by atoms with E-state index in [-0.39, 0.29) is 25.2 Å². The number of aliphatic hydroxyl groups is 1. The number of hydrogen-bond donors (Lipinski definition) is 1. The van der Waals surface area contributed by atoms with E-state index < -0.39 is 6.10 Å². The largest absolute Gasteiger partial charge is 0.462 e. The van der Waals surface area contributed by atoms with Gasteiger partial charge in [-0.3, -0.25) is 9.59 Å². The zero-order valence-corrected chi connectivity index (χ0v) is 43.2. The molecule has 0 rings (SSSR count). The minimum absolute atomic E-state index is 0.0718. The van der Waals surface area contributed by atoms with Gasteiger partial charge in [0, 0.05) is 12.8 Å². The average molecular weight is 917 g/mol. The lowest BCUT2D eigenvalue weighted by Crippen LogP contribution is -2.28. The van der Waals surface area contributed by atoms with Crippen LogP contribution in [0.15, 0.2) is 97.2 Å². The normalized spacial score (nSPS) is 13.0.